The molecule has 0 unspecified atom stereocenters. The normalized spacial score (nSPS) is 12.0. The third-order valence-corrected chi connectivity index (χ3v) is 7.25. The SMILES string of the molecule is C/C(=N/N=C(N)N)c1c(C(=O)OCCCCCCOC(=O)c2nc3sccn3c2/C(C)=N/N=C(N)N)nc2sccn12. The minimum atomic E-state index is -0.566. The molecule has 0 atom stereocenters. The monoisotopic (exact) mass is 614 g/mol. The Balaban J connectivity index is 1.24. The number of hydrogen-bond donors (Lipinski definition) is 4. The van der Waals surface area contributed by atoms with Crippen LogP contribution in [-0.4, -0.2) is 67.3 Å². The average molecular weight is 615 g/mol. The fourth-order valence-electron chi connectivity index (χ4n) is 3.93. The second-order valence-electron chi connectivity index (χ2n) is 8.84. The van der Waals surface area contributed by atoms with Gasteiger partial charge in [0, 0.05) is 23.2 Å². The molecule has 42 heavy (non-hydrogen) atoms. The summed E-state index contributed by atoms with van der Waals surface area (Å²) in [5.74, 6) is -1.53. The van der Waals surface area contributed by atoms with Crippen molar-refractivity contribution in [2.24, 2.45) is 43.3 Å². The maximum absolute atomic E-state index is 12.8. The molecule has 4 heterocycles. The van der Waals surface area contributed by atoms with Crippen LogP contribution in [0.4, 0.5) is 0 Å². The predicted octanol–water partition coefficient (Wildman–Crippen LogP) is 1.67. The molecule has 4 rings (SSSR count). The maximum atomic E-state index is 12.8. The molecule has 0 saturated carbocycles. The minimum absolute atomic E-state index is 0.137. The molecular weight excluding hydrogens is 584 g/mol. The van der Waals surface area contributed by atoms with Gasteiger partial charge in [-0.3, -0.25) is 8.80 Å². The lowest BCUT2D eigenvalue weighted by molar-refractivity contribution is 0.0467. The maximum Gasteiger partial charge on any atom is 0.359 e. The van der Waals surface area contributed by atoms with Crippen LogP contribution >= 0.6 is 22.7 Å². The Morgan fingerprint density at radius 1 is 0.714 bits per heavy atom. The van der Waals surface area contributed by atoms with Gasteiger partial charge in [0.2, 0.25) is 11.9 Å². The standard InChI is InChI=1S/C24H30N12O4S2/c1-13(31-33-21(25)26)17-15(29-23-35(17)7-11-41-23)19(37)39-9-5-3-4-6-10-40-20(38)16-18(14(2)32-34-22(27)28)36-8-12-42-24(36)30-16/h7-8,11-12H,3-6,9-10H2,1-2H3,(H4,25,26,33)(H4,27,28,34)/b31-13-,32-14+. The van der Waals surface area contributed by atoms with Crippen molar-refractivity contribution in [3.05, 3.63) is 45.9 Å². The summed E-state index contributed by atoms with van der Waals surface area (Å²) >= 11 is 2.74. The first kappa shape index (κ1) is 30.1. The highest BCUT2D eigenvalue weighted by Gasteiger charge is 2.24. The zero-order chi connectivity index (χ0) is 30.2. The van der Waals surface area contributed by atoms with E-state index < -0.39 is 11.9 Å². The highest BCUT2D eigenvalue weighted by atomic mass is 32.1. The van der Waals surface area contributed by atoms with Crippen molar-refractivity contribution in [3.8, 4) is 0 Å². The zero-order valence-electron chi connectivity index (χ0n) is 22.9. The molecule has 0 aliphatic heterocycles. The molecule has 0 aliphatic rings. The Morgan fingerprint density at radius 2 is 1.12 bits per heavy atom. The number of aromatic nitrogens is 4. The quantitative estimate of drug-likeness (QED) is 0.0558. The average Bonchev–Trinajstić information content (AvgIpc) is 3.72. The van der Waals surface area contributed by atoms with E-state index in [2.05, 4.69) is 30.4 Å². The van der Waals surface area contributed by atoms with Gasteiger partial charge in [0.15, 0.2) is 21.3 Å². The number of thiazole rings is 2. The van der Waals surface area contributed by atoms with Crippen LogP contribution in [0, 0.1) is 0 Å². The number of nitrogens with two attached hydrogens (primary N) is 4. The van der Waals surface area contributed by atoms with Crippen LogP contribution in [0.15, 0.2) is 43.6 Å². The molecular formula is C24H30N12O4S2. The summed E-state index contributed by atoms with van der Waals surface area (Å²) in [4.78, 5) is 35.6. The molecule has 8 N–H and O–H groups in total. The molecule has 0 fully saturated rings. The van der Waals surface area contributed by atoms with Gasteiger partial charge in [-0.15, -0.1) is 32.9 Å². The van der Waals surface area contributed by atoms with Gasteiger partial charge in [-0.1, -0.05) is 0 Å². The predicted molar refractivity (Wildman–Crippen MR) is 161 cm³/mol. The van der Waals surface area contributed by atoms with Crippen molar-refractivity contribution in [1.29, 1.82) is 0 Å². The molecule has 0 amide bonds. The van der Waals surface area contributed by atoms with E-state index in [0.717, 1.165) is 12.8 Å². The summed E-state index contributed by atoms with van der Waals surface area (Å²) in [5, 5.41) is 19.0. The lowest BCUT2D eigenvalue weighted by atomic mass is 10.2. The van der Waals surface area contributed by atoms with Gasteiger partial charge >= 0.3 is 11.9 Å². The summed E-state index contributed by atoms with van der Waals surface area (Å²) in [6.07, 6.45) is 6.32. The number of imidazole rings is 2. The molecule has 4 aromatic rings. The smallest absolute Gasteiger partial charge is 0.359 e. The van der Waals surface area contributed by atoms with Crippen LogP contribution in [0.25, 0.3) is 9.92 Å². The Labute approximate surface area is 247 Å². The van der Waals surface area contributed by atoms with Crippen LogP contribution in [0.3, 0.4) is 0 Å². The van der Waals surface area contributed by atoms with Gasteiger partial charge in [0.05, 0.1) is 24.6 Å². The van der Waals surface area contributed by atoms with Crippen molar-refractivity contribution in [1.82, 2.24) is 18.8 Å². The first-order valence-corrected chi connectivity index (χ1v) is 14.5. The van der Waals surface area contributed by atoms with Gasteiger partial charge in [0.1, 0.15) is 11.4 Å². The highest BCUT2D eigenvalue weighted by Crippen LogP contribution is 2.21. The van der Waals surface area contributed by atoms with E-state index in [1.165, 1.54) is 22.7 Å². The molecule has 4 aromatic heterocycles. The number of unbranched alkanes of at least 4 members (excludes halogenated alkanes) is 3. The van der Waals surface area contributed by atoms with E-state index in [-0.39, 0.29) is 36.5 Å². The molecule has 16 nitrogen and oxygen atoms in total. The highest BCUT2D eigenvalue weighted by molar-refractivity contribution is 7.15. The van der Waals surface area contributed by atoms with E-state index in [1.807, 2.05) is 10.8 Å². The summed E-state index contributed by atoms with van der Waals surface area (Å²) in [6.45, 7) is 3.76. The van der Waals surface area contributed by atoms with E-state index in [4.69, 9.17) is 32.4 Å². The molecule has 0 saturated heterocycles. The topological polar surface area (TPSA) is 241 Å². The second kappa shape index (κ2) is 13.7. The van der Waals surface area contributed by atoms with Crippen molar-refractivity contribution >= 4 is 67.9 Å². The second-order valence-corrected chi connectivity index (χ2v) is 10.6. The molecule has 222 valence electrons. The van der Waals surface area contributed by atoms with Gasteiger partial charge in [-0.05, 0) is 39.5 Å². The summed E-state index contributed by atoms with van der Waals surface area (Å²) in [6, 6.07) is 0. The third-order valence-electron chi connectivity index (χ3n) is 5.73. The van der Waals surface area contributed by atoms with Gasteiger partial charge in [0.25, 0.3) is 0 Å². The van der Waals surface area contributed by atoms with E-state index in [0.29, 0.717) is 45.6 Å². The van der Waals surface area contributed by atoms with E-state index in [9.17, 15) is 9.59 Å². The number of fused-ring (bicyclic) bond motifs is 2. The first-order chi connectivity index (χ1) is 20.2. The number of ether oxygens (including phenoxy) is 2. The van der Waals surface area contributed by atoms with E-state index in [1.54, 1.807) is 35.0 Å². The number of guanidine groups is 2. The van der Waals surface area contributed by atoms with Crippen LogP contribution in [0.1, 0.15) is 71.9 Å². The fraction of sp³-hybridized carbons (Fsp3) is 0.333. The number of carbonyl (C=O) groups is 2. The van der Waals surface area contributed by atoms with E-state index >= 15 is 0 Å². The summed E-state index contributed by atoms with van der Waals surface area (Å²) in [5.41, 5.74) is 23.5. The number of rotatable bonds is 13. The first-order valence-electron chi connectivity index (χ1n) is 12.7. The molecule has 0 aliphatic carbocycles. The number of hydrogen-bond acceptors (Lipinski definition) is 12. The largest absolute Gasteiger partial charge is 0.461 e. The Hall–Kier alpha value is -4.84. The van der Waals surface area contributed by atoms with Crippen molar-refractivity contribution in [3.63, 3.8) is 0 Å². The number of esters is 2. The summed E-state index contributed by atoms with van der Waals surface area (Å²) in [7, 11) is 0. The zero-order valence-corrected chi connectivity index (χ0v) is 24.5. The van der Waals surface area contributed by atoms with Crippen molar-refractivity contribution in [2.45, 2.75) is 39.5 Å². The van der Waals surface area contributed by atoms with Crippen LogP contribution in [0.2, 0.25) is 0 Å². The van der Waals surface area contributed by atoms with Crippen LogP contribution in [0.5, 0.6) is 0 Å². The molecule has 18 heteroatoms. The molecule has 0 aromatic carbocycles. The number of nitrogens with zero attached hydrogens (tertiary/aromatic N) is 8. The lowest BCUT2D eigenvalue weighted by Gasteiger charge is -2.07. The van der Waals surface area contributed by atoms with Gasteiger partial charge in [-0.2, -0.15) is 10.2 Å². The fourth-order valence-corrected chi connectivity index (χ4v) is 5.36. The lowest BCUT2D eigenvalue weighted by Crippen LogP contribution is -2.22. The van der Waals surface area contributed by atoms with Gasteiger partial charge in [-0.25, -0.2) is 19.6 Å². The van der Waals surface area contributed by atoms with Crippen LogP contribution < -0.4 is 22.9 Å². The Morgan fingerprint density at radius 3 is 1.50 bits per heavy atom. The summed E-state index contributed by atoms with van der Waals surface area (Å²) < 4.78 is 14.4. The Kier molecular flexibility index (Phi) is 9.81. The van der Waals surface area contributed by atoms with Crippen LogP contribution in [-0.2, 0) is 9.47 Å². The third kappa shape index (κ3) is 7.07. The number of carbonyl (C=O) groups excluding carboxylic acids is 2. The molecule has 0 bridgehead atoms. The minimum Gasteiger partial charge on any atom is -0.461 e. The molecule has 0 radical (unpaired) electrons. The Bertz CT molecular complexity index is 1580. The van der Waals surface area contributed by atoms with Crippen molar-refractivity contribution < 1.29 is 19.1 Å². The molecule has 0 spiro atoms. The van der Waals surface area contributed by atoms with Crippen molar-refractivity contribution in [2.75, 3.05) is 13.2 Å². The van der Waals surface area contributed by atoms with Gasteiger partial charge < -0.3 is 32.4 Å².